The lowest BCUT2D eigenvalue weighted by atomic mass is 10.2. The number of urea groups is 1. The second kappa shape index (κ2) is 7.30. The molecule has 8 nitrogen and oxygen atoms in total. The molecule has 0 aromatic heterocycles. The maximum absolute atomic E-state index is 11.6. The van der Waals surface area contributed by atoms with Crippen molar-refractivity contribution in [2.24, 2.45) is 0 Å². The van der Waals surface area contributed by atoms with Gasteiger partial charge in [0, 0.05) is 0 Å². The Balaban J connectivity index is 1.64. The average Bonchev–Trinajstić information content (AvgIpc) is 2.82. The van der Waals surface area contributed by atoms with Crippen molar-refractivity contribution in [3.63, 3.8) is 0 Å². The summed E-state index contributed by atoms with van der Waals surface area (Å²) < 4.78 is 10.5. The SMILES string of the molecule is COc1ccc(OCCNC(=O)CC2NC(=O)NC2=O)cc1. The first-order chi connectivity index (χ1) is 10.6. The molecule has 1 aliphatic rings. The van der Waals surface area contributed by atoms with Crippen molar-refractivity contribution in [1.82, 2.24) is 16.0 Å². The van der Waals surface area contributed by atoms with Crippen molar-refractivity contribution in [2.75, 3.05) is 20.3 Å². The number of methoxy groups -OCH3 is 1. The molecule has 1 heterocycles. The van der Waals surface area contributed by atoms with Gasteiger partial charge in [-0.1, -0.05) is 0 Å². The van der Waals surface area contributed by atoms with E-state index in [2.05, 4.69) is 16.0 Å². The minimum absolute atomic E-state index is 0.0971. The molecule has 1 aromatic carbocycles. The summed E-state index contributed by atoms with van der Waals surface area (Å²) in [7, 11) is 1.58. The van der Waals surface area contributed by atoms with Crippen molar-refractivity contribution in [2.45, 2.75) is 12.5 Å². The molecule has 1 aromatic rings. The van der Waals surface area contributed by atoms with Crippen LogP contribution >= 0.6 is 0 Å². The third-order valence-electron chi connectivity index (χ3n) is 3.00. The Labute approximate surface area is 127 Å². The molecule has 1 aliphatic heterocycles. The molecular weight excluding hydrogens is 290 g/mol. The highest BCUT2D eigenvalue weighted by Crippen LogP contribution is 2.16. The maximum atomic E-state index is 11.6. The monoisotopic (exact) mass is 307 g/mol. The summed E-state index contributed by atoms with van der Waals surface area (Å²) in [5, 5.41) is 7.04. The summed E-state index contributed by atoms with van der Waals surface area (Å²) in [6.07, 6.45) is -0.0971. The lowest BCUT2D eigenvalue weighted by Gasteiger charge is -2.10. The van der Waals surface area contributed by atoms with Crippen LogP contribution in [0.25, 0.3) is 0 Å². The van der Waals surface area contributed by atoms with Gasteiger partial charge in [-0.2, -0.15) is 0 Å². The largest absolute Gasteiger partial charge is 0.497 e. The summed E-state index contributed by atoms with van der Waals surface area (Å²) in [5.74, 6) is 0.574. The van der Waals surface area contributed by atoms with Crippen LogP contribution in [-0.2, 0) is 9.59 Å². The molecule has 0 bridgehead atoms. The fraction of sp³-hybridized carbons (Fsp3) is 0.357. The molecule has 0 spiro atoms. The van der Waals surface area contributed by atoms with E-state index >= 15 is 0 Å². The highest BCUT2D eigenvalue weighted by atomic mass is 16.5. The summed E-state index contributed by atoms with van der Waals surface area (Å²) in [4.78, 5) is 33.8. The number of rotatable bonds is 7. The molecule has 1 fully saturated rings. The van der Waals surface area contributed by atoms with E-state index in [1.165, 1.54) is 0 Å². The Morgan fingerprint density at radius 2 is 1.91 bits per heavy atom. The van der Waals surface area contributed by atoms with E-state index in [-0.39, 0.29) is 12.3 Å². The molecule has 4 amide bonds. The molecule has 1 unspecified atom stereocenters. The predicted molar refractivity (Wildman–Crippen MR) is 76.6 cm³/mol. The van der Waals surface area contributed by atoms with Crippen LogP contribution in [0.4, 0.5) is 4.79 Å². The van der Waals surface area contributed by atoms with Gasteiger partial charge in [0.15, 0.2) is 0 Å². The van der Waals surface area contributed by atoms with E-state index in [0.29, 0.717) is 18.9 Å². The first-order valence-electron chi connectivity index (χ1n) is 6.73. The molecule has 118 valence electrons. The maximum Gasteiger partial charge on any atom is 0.322 e. The third-order valence-corrected chi connectivity index (χ3v) is 3.00. The zero-order chi connectivity index (χ0) is 15.9. The quantitative estimate of drug-likeness (QED) is 0.477. The van der Waals surface area contributed by atoms with Gasteiger partial charge in [-0.15, -0.1) is 0 Å². The van der Waals surface area contributed by atoms with Crippen molar-refractivity contribution < 1.29 is 23.9 Å². The van der Waals surface area contributed by atoms with Crippen LogP contribution in [0.3, 0.4) is 0 Å². The lowest BCUT2D eigenvalue weighted by Crippen LogP contribution is -2.37. The van der Waals surface area contributed by atoms with Crippen LogP contribution in [0.1, 0.15) is 6.42 Å². The second-order valence-electron chi connectivity index (χ2n) is 4.59. The van der Waals surface area contributed by atoms with E-state index in [4.69, 9.17) is 9.47 Å². The highest BCUT2D eigenvalue weighted by Gasteiger charge is 2.30. The fourth-order valence-corrected chi connectivity index (χ4v) is 1.89. The van der Waals surface area contributed by atoms with Crippen molar-refractivity contribution in [3.05, 3.63) is 24.3 Å². The van der Waals surface area contributed by atoms with Gasteiger partial charge in [0.2, 0.25) is 5.91 Å². The predicted octanol–water partition coefficient (Wildman–Crippen LogP) is -0.212. The van der Waals surface area contributed by atoms with E-state index in [1.807, 2.05) is 0 Å². The summed E-state index contributed by atoms with van der Waals surface area (Å²) in [6.45, 7) is 0.592. The standard InChI is InChI=1S/C14H17N3O5/c1-21-9-2-4-10(5-3-9)22-7-6-15-12(18)8-11-13(19)17-14(20)16-11/h2-5,11H,6-8H2,1H3,(H,15,18)(H2,16,17,19,20). The van der Waals surface area contributed by atoms with Gasteiger partial charge >= 0.3 is 6.03 Å². The number of nitrogens with one attached hydrogen (secondary N) is 3. The van der Waals surface area contributed by atoms with Crippen LogP contribution in [0, 0.1) is 0 Å². The minimum atomic E-state index is -0.810. The zero-order valence-corrected chi connectivity index (χ0v) is 12.0. The van der Waals surface area contributed by atoms with Crippen LogP contribution in [0.2, 0.25) is 0 Å². The summed E-state index contributed by atoms with van der Waals surface area (Å²) >= 11 is 0. The van der Waals surface area contributed by atoms with Gasteiger partial charge in [-0.3, -0.25) is 14.9 Å². The molecule has 0 saturated carbocycles. The van der Waals surface area contributed by atoms with Crippen LogP contribution < -0.4 is 25.4 Å². The van der Waals surface area contributed by atoms with E-state index in [9.17, 15) is 14.4 Å². The molecule has 1 atom stereocenters. The first kappa shape index (κ1) is 15.6. The normalized spacial score (nSPS) is 16.7. The van der Waals surface area contributed by atoms with Crippen LogP contribution in [0.5, 0.6) is 11.5 Å². The molecule has 3 N–H and O–H groups in total. The van der Waals surface area contributed by atoms with Gasteiger partial charge in [0.25, 0.3) is 5.91 Å². The Bertz CT molecular complexity index is 558. The number of hydrogen-bond acceptors (Lipinski definition) is 5. The van der Waals surface area contributed by atoms with Gasteiger partial charge in [-0.25, -0.2) is 4.79 Å². The molecule has 8 heteroatoms. The van der Waals surface area contributed by atoms with E-state index in [1.54, 1.807) is 31.4 Å². The van der Waals surface area contributed by atoms with Gasteiger partial charge in [0.1, 0.15) is 24.1 Å². The second-order valence-corrected chi connectivity index (χ2v) is 4.59. The smallest absolute Gasteiger partial charge is 0.322 e. The summed E-state index contributed by atoms with van der Waals surface area (Å²) in [6, 6.07) is 5.68. The molecule has 2 rings (SSSR count). The molecule has 1 saturated heterocycles. The average molecular weight is 307 g/mol. The summed E-state index contributed by atoms with van der Waals surface area (Å²) in [5.41, 5.74) is 0. The first-order valence-corrected chi connectivity index (χ1v) is 6.73. The Morgan fingerprint density at radius 1 is 1.23 bits per heavy atom. The van der Waals surface area contributed by atoms with Crippen molar-refractivity contribution >= 4 is 17.8 Å². The fourth-order valence-electron chi connectivity index (χ4n) is 1.89. The Kier molecular flexibility index (Phi) is 5.18. The van der Waals surface area contributed by atoms with Crippen LogP contribution in [-0.4, -0.2) is 44.1 Å². The van der Waals surface area contributed by atoms with Crippen molar-refractivity contribution in [3.8, 4) is 11.5 Å². The number of benzene rings is 1. The topological polar surface area (TPSA) is 106 Å². The molecule has 0 aliphatic carbocycles. The minimum Gasteiger partial charge on any atom is -0.497 e. The molecule has 0 radical (unpaired) electrons. The number of ether oxygens (including phenoxy) is 2. The van der Waals surface area contributed by atoms with Gasteiger partial charge in [0.05, 0.1) is 20.1 Å². The van der Waals surface area contributed by atoms with E-state index in [0.717, 1.165) is 5.75 Å². The van der Waals surface area contributed by atoms with Crippen LogP contribution in [0.15, 0.2) is 24.3 Å². The number of carbonyl (C=O) groups is 3. The Morgan fingerprint density at radius 3 is 2.50 bits per heavy atom. The molecule has 22 heavy (non-hydrogen) atoms. The van der Waals surface area contributed by atoms with Gasteiger partial charge in [-0.05, 0) is 24.3 Å². The van der Waals surface area contributed by atoms with Gasteiger partial charge < -0.3 is 20.1 Å². The molecular formula is C14H17N3O5. The Hall–Kier alpha value is -2.77. The van der Waals surface area contributed by atoms with Crippen molar-refractivity contribution in [1.29, 1.82) is 0 Å². The van der Waals surface area contributed by atoms with E-state index < -0.39 is 18.0 Å². The number of hydrogen-bond donors (Lipinski definition) is 3. The zero-order valence-electron chi connectivity index (χ0n) is 12.0. The number of amides is 4. The highest BCUT2D eigenvalue weighted by molar-refractivity contribution is 6.05. The lowest BCUT2D eigenvalue weighted by molar-refractivity contribution is -0.126. The number of carbonyl (C=O) groups excluding carboxylic acids is 3. The number of imide groups is 1. The third kappa shape index (κ3) is 4.37.